The van der Waals surface area contributed by atoms with E-state index in [1.165, 1.54) is 5.56 Å². The minimum absolute atomic E-state index is 0.295. The Morgan fingerprint density at radius 2 is 1.80 bits per heavy atom. The highest BCUT2D eigenvalue weighted by molar-refractivity contribution is 9.10. The third-order valence-corrected chi connectivity index (χ3v) is 3.28. The molecule has 0 aliphatic rings. The van der Waals surface area contributed by atoms with Crippen molar-refractivity contribution in [3.8, 4) is 0 Å². The minimum atomic E-state index is -0.385. The summed E-state index contributed by atoms with van der Waals surface area (Å²) in [5.74, 6) is 0. The van der Waals surface area contributed by atoms with Gasteiger partial charge in [-0.3, -0.25) is 0 Å². The summed E-state index contributed by atoms with van der Waals surface area (Å²) in [7, 11) is 0. The lowest BCUT2D eigenvalue weighted by molar-refractivity contribution is 0.140. The van der Waals surface area contributed by atoms with Crippen LogP contribution in [-0.2, 0) is 17.8 Å². The van der Waals surface area contributed by atoms with Crippen LogP contribution in [0.25, 0.3) is 0 Å². The first-order valence-electron chi connectivity index (χ1n) is 6.43. The van der Waals surface area contributed by atoms with Crippen molar-refractivity contribution < 1.29 is 9.53 Å². The molecule has 104 valence electrons. The van der Waals surface area contributed by atoms with E-state index >= 15 is 0 Å². The van der Waals surface area contributed by atoms with E-state index in [1.807, 2.05) is 54.6 Å². The molecule has 1 amide bonds. The molecule has 1 N–H and O–H groups in total. The molecule has 3 nitrogen and oxygen atoms in total. The number of hydrogen-bond donors (Lipinski definition) is 1. The molecular formula is C16H16BrNO2. The van der Waals surface area contributed by atoms with Gasteiger partial charge in [-0.1, -0.05) is 58.4 Å². The molecule has 4 heteroatoms. The molecule has 0 unspecified atom stereocenters. The second kappa shape index (κ2) is 7.70. The van der Waals surface area contributed by atoms with Crippen molar-refractivity contribution in [3.63, 3.8) is 0 Å². The van der Waals surface area contributed by atoms with Crippen LogP contribution in [0.2, 0.25) is 0 Å². The number of nitrogens with one attached hydrogen (secondary N) is 1. The van der Waals surface area contributed by atoms with Gasteiger partial charge >= 0.3 is 6.09 Å². The normalized spacial score (nSPS) is 10.1. The van der Waals surface area contributed by atoms with Gasteiger partial charge in [0.25, 0.3) is 0 Å². The maximum atomic E-state index is 11.5. The zero-order valence-corrected chi connectivity index (χ0v) is 12.6. The average Bonchev–Trinajstić information content (AvgIpc) is 2.46. The molecule has 0 heterocycles. The zero-order valence-electron chi connectivity index (χ0n) is 11.0. The number of carbonyl (C=O) groups is 1. The van der Waals surface area contributed by atoms with E-state index in [0.717, 1.165) is 16.5 Å². The predicted molar refractivity (Wildman–Crippen MR) is 82.5 cm³/mol. The van der Waals surface area contributed by atoms with Gasteiger partial charge in [0.05, 0.1) is 0 Å². The molecule has 2 aromatic carbocycles. The van der Waals surface area contributed by atoms with E-state index in [2.05, 4.69) is 21.2 Å². The van der Waals surface area contributed by atoms with E-state index in [9.17, 15) is 4.79 Å². The molecule has 0 bridgehead atoms. The molecule has 0 spiro atoms. The fraction of sp³-hybridized carbons (Fsp3) is 0.188. The van der Waals surface area contributed by atoms with Gasteiger partial charge in [-0.15, -0.1) is 0 Å². The second-order valence-electron chi connectivity index (χ2n) is 4.37. The summed E-state index contributed by atoms with van der Waals surface area (Å²) in [6.45, 7) is 0.855. The molecule has 0 fully saturated rings. The van der Waals surface area contributed by atoms with E-state index in [4.69, 9.17) is 4.74 Å². The Hall–Kier alpha value is -1.81. The van der Waals surface area contributed by atoms with Crippen molar-refractivity contribution in [2.24, 2.45) is 0 Å². The Balaban J connectivity index is 1.68. The Kier molecular flexibility index (Phi) is 5.62. The Labute approximate surface area is 127 Å². The van der Waals surface area contributed by atoms with Gasteiger partial charge in [0, 0.05) is 11.0 Å². The molecule has 0 aromatic heterocycles. The molecule has 0 saturated carbocycles. The molecule has 0 saturated heterocycles. The number of ether oxygens (including phenoxy) is 1. The van der Waals surface area contributed by atoms with E-state index in [1.54, 1.807) is 0 Å². The van der Waals surface area contributed by atoms with Crippen molar-refractivity contribution in [3.05, 3.63) is 70.2 Å². The lowest BCUT2D eigenvalue weighted by Gasteiger charge is -2.07. The Morgan fingerprint density at radius 3 is 2.55 bits per heavy atom. The fourth-order valence-corrected chi connectivity index (χ4v) is 2.22. The highest BCUT2D eigenvalue weighted by atomic mass is 79.9. The highest BCUT2D eigenvalue weighted by Crippen LogP contribution is 2.11. The van der Waals surface area contributed by atoms with Crippen molar-refractivity contribution in [1.82, 2.24) is 5.32 Å². The van der Waals surface area contributed by atoms with E-state index in [-0.39, 0.29) is 6.09 Å². The fourth-order valence-electron chi connectivity index (χ4n) is 1.78. The molecule has 2 rings (SSSR count). The Bertz CT molecular complexity index is 557. The molecule has 0 aliphatic heterocycles. The van der Waals surface area contributed by atoms with Crippen molar-refractivity contribution >= 4 is 22.0 Å². The van der Waals surface area contributed by atoms with Crippen LogP contribution in [0.3, 0.4) is 0 Å². The zero-order chi connectivity index (χ0) is 14.2. The second-order valence-corrected chi connectivity index (χ2v) is 5.28. The van der Waals surface area contributed by atoms with Crippen molar-refractivity contribution in [1.29, 1.82) is 0 Å². The summed E-state index contributed by atoms with van der Waals surface area (Å²) in [4.78, 5) is 11.5. The van der Waals surface area contributed by atoms with Gasteiger partial charge in [0.2, 0.25) is 0 Å². The van der Waals surface area contributed by atoms with Crippen molar-refractivity contribution in [2.75, 3.05) is 6.54 Å². The van der Waals surface area contributed by atoms with Crippen LogP contribution in [0.1, 0.15) is 11.1 Å². The lowest BCUT2D eigenvalue weighted by atomic mass is 10.1. The van der Waals surface area contributed by atoms with Crippen LogP contribution in [0.4, 0.5) is 4.79 Å². The Morgan fingerprint density at radius 1 is 1.05 bits per heavy atom. The summed E-state index contributed by atoms with van der Waals surface area (Å²) >= 11 is 3.42. The summed E-state index contributed by atoms with van der Waals surface area (Å²) in [6, 6.07) is 17.6. The highest BCUT2D eigenvalue weighted by Gasteiger charge is 2.02. The summed E-state index contributed by atoms with van der Waals surface area (Å²) < 4.78 is 6.17. The van der Waals surface area contributed by atoms with Crippen LogP contribution >= 0.6 is 15.9 Å². The van der Waals surface area contributed by atoms with E-state index < -0.39 is 0 Å². The molecular weight excluding hydrogens is 318 g/mol. The summed E-state index contributed by atoms with van der Waals surface area (Å²) in [6.07, 6.45) is 0.392. The van der Waals surface area contributed by atoms with Gasteiger partial charge in [-0.2, -0.15) is 0 Å². The van der Waals surface area contributed by atoms with Crippen LogP contribution in [0.15, 0.2) is 59.1 Å². The van der Waals surface area contributed by atoms with Gasteiger partial charge in [-0.05, 0) is 29.7 Å². The SMILES string of the molecule is O=C(NCCc1cccc(Br)c1)OCc1ccccc1. The minimum Gasteiger partial charge on any atom is -0.445 e. The number of halogens is 1. The predicted octanol–water partition coefficient (Wildman–Crippen LogP) is 3.92. The van der Waals surface area contributed by atoms with Gasteiger partial charge in [0.15, 0.2) is 0 Å². The summed E-state index contributed by atoms with van der Waals surface area (Å²) in [5, 5.41) is 2.74. The molecule has 0 radical (unpaired) electrons. The number of amides is 1. The molecule has 0 aliphatic carbocycles. The average molecular weight is 334 g/mol. The topological polar surface area (TPSA) is 38.3 Å². The number of alkyl carbamates (subject to hydrolysis) is 1. The van der Waals surface area contributed by atoms with E-state index in [0.29, 0.717) is 13.2 Å². The standard InChI is InChI=1S/C16H16BrNO2/c17-15-8-4-7-13(11-15)9-10-18-16(19)20-12-14-5-2-1-3-6-14/h1-8,11H,9-10,12H2,(H,18,19). The van der Waals surface area contributed by atoms with Gasteiger partial charge < -0.3 is 10.1 Å². The smallest absolute Gasteiger partial charge is 0.407 e. The van der Waals surface area contributed by atoms with Crippen LogP contribution in [0.5, 0.6) is 0 Å². The number of benzene rings is 2. The van der Waals surface area contributed by atoms with Gasteiger partial charge in [-0.25, -0.2) is 4.79 Å². The first-order chi connectivity index (χ1) is 9.74. The van der Waals surface area contributed by atoms with Crippen LogP contribution in [-0.4, -0.2) is 12.6 Å². The quantitative estimate of drug-likeness (QED) is 0.900. The van der Waals surface area contributed by atoms with Gasteiger partial charge in [0.1, 0.15) is 6.61 Å². The molecule has 2 aromatic rings. The first kappa shape index (κ1) is 14.6. The number of carbonyl (C=O) groups excluding carboxylic acids is 1. The third-order valence-electron chi connectivity index (χ3n) is 2.78. The third kappa shape index (κ3) is 5.05. The van der Waals surface area contributed by atoms with Crippen LogP contribution < -0.4 is 5.32 Å². The first-order valence-corrected chi connectivity index (χ1v) is 7.22. The largest absolute Gasteiger partial charge is 0.445 e. The maximum Gasteiger partial charge on any atom is 0.407 e. The number of rotatable bonds is 5. The number of hydrogen-bond acceptors (Lipinski definition) is 2. The van der Waals surface area contributed by atoms with Crippen molar-refractivity contribution in [2.45, 2.75) is 13.0 Å². The molecule has 0 atom stereocenters. The summed E-state index contributed by atoms with van der Waals surface area (Å²) in [5.41, 5.74) is 2.15. The maximum absolute atomic E-state index is 11.5. The molecule has 20 heavy (non-hydrogen) atoms. The van der Waals surface area contributed by atoms with Crippen LogP contribution in [0, 0.1) is 0 Å². The lowest BCUT2D eigenvalue weighted by Crippen LogP contribution is -2.26. The monoisotopic (exact) mass is 333 g/mol.